The first-order valence-electron chi connectivity index (χ1n) is 10.00. The van der Waals surface area contributed by atoms with E-state index in [4.69, 9.17) is 0 Å². The Labute approximate surface area is 184 Å². The Kier molecular flexibility index (Phi) is 5.95. The molecule has 4 aromatic rings. The van der Waals surface area contributed by atoms with E-state index in [1.165, 1.54) is 12.1 Å². The second-order valence-corrected chi connectivity index (χ2v) is 8.45. The lowest BCUT2D eigenvalue weighted by molar-refractivity contribution is -0.118. The van der Waals surface area contributed by atoms with Gasteiger partial charge in [0.1, 0.15) is 5.82 Å². The van der Waals surface area contributed by atoms with Gasteiger partial charge in [-0.25, -0.2) is 14.1 Å². The standard InChI is InChI=1S/C24H23FN4OS/c1-16-23(17(2)29(27-16)22-7-5-4-6-8-22)13-24(30)28(14-20-15-31-18(3)26-20)21-11-9-19(25)10-12-21/h4-12,15H,13-14H2,1-3H3. The number of anilines is 1. The van der Waals surface area contributed by atoms with Crippen molar-refractivity contribution < 1.29 is 9.18 Å². The van der Waals surface area contributed by atoms with Crippen molar-refractivity contribution in [3.8, 4) is 5.69 Å². The quantitative estimate of drug-likeness (QED) is 0.421. The van der Waals surface area contributed by atoms with Crippen molar-refractivity contribution >= 4 is 22.9 Å². The molecule has 2 heterocycles. The molecule has 0 saturated carbocycles. The van der Waals surface area contributed by atoms with Crippen LogP contribution in [0.5, 0.6) is 0 Å². The van der Waals surface area contributed by atoms with Crippen LogP contribution < -0.4 is 4.90 Å². The fraction of sp³-hybridized carbons (Fsp3) is 0.208. The highest BCUT2D eigenvalue weighted by molar-refractivity contribution is 7.09. The zero-order valence-electron chi connectivity index (χ0n) is 17.7. The molecule has 7 heteroatoms. The molecule has 0 spiro atoms. The molecule has 0 N–H and O–H groups in total. The molecule has 5 nitrogen and oxygen atoms in total. The summed E-state index contributed by atoms with van der Waals surface area (Å²) in [7, 11) is 0. The molecular formula is C24H23FN4OS. The number of para-hydroxylation sites is 1. The third-order valence-electron chi connectivity index (χ3n) is 5.20. The van der Waals surface area contributed by atoms with Crippen molar-refractivity contribution in [2.75, 3.05) is 4.90 Å². The summed E-state index contributed by atoms with van der Waals surface area (Å²) in [4.78, 5) is 19.6. The smallest absolute Gasteiger partial charge is 0.231 e. The fourth-order valence-electron chi connectivity index (χ4n) is 3.59. The highest BCUT2D eigenvalue weighted by Crippen LogP contribution is 2.23. The van der Waals surface area contributed by atoms with Gasteiger partial charge in [0.05, 0.1) is 35.0 Å². The van der Waals surface area contributed by atoms with Gasteiger partial charge in [0.25, 0.3) is 0 Å². The molecule has 0 unspecified atom stereocenters. The van der Waals surface area contributed by atoms with Crippen LogP contribution in [-0.2, 0) is 17.8 Å². The third kappa shape index (κ3) is 4.56. The zero-order chi connectivity index (χ0) is 22.0. The molecule has 31 heavy (non-hydrogen) atoms. The Morgan fingerprint density at radius 2 is 1.77 bits per heavy atom. The molecule has 0 radical (unpaired) electrons. The molecule has 0 aliphatic heterocycles. The predicted molar refractivity (Wildman–Crippen MR) is 121 cm³/mol. The highest BCUT2D eigenvalue weighted by Gasteiger charge is 2.22. The molecule has 2 aromatic heterocycles. The first-order valence-corrected chi connectivity index (χ1v) is 10.9. The number of rotatable bonds is 6. The van der Waals surface area contributed by atoms with E-state index in [9.17, 15) is 9.18 Å². The molecule has 0 aliphatic rings. The van der Waals surface area contributed by atoms with Crippen LogP contribution in [0.1, 0.15) is 27.7 Å². The Morgan fingerprint density at radius 3 is 2.42 bits per heavy atom. The Balaban J connectivity index is 1.65. The van der Waals surface area contributed by atoms with Crippen molar-refractivity contribution in [2.24, 2.45) is 0 Å². The number of aromatic nitrogens is 3. The lowest BCUT2D eigenvalue weighted by atomic mass is 10.1. The maximum atomic E-state index is 13.5. The van der Waals surface area contributed by atoms with Crippen LogP contribution in [0.25, 0.3) is 5.69 Å². The molecule has 4 rings (SSSR count). The molecule has 0 atom stereocenters. The number of halogens is 1. The summed E-state index contributed by atoms with van der Waals surface area (Å²) >= 11 is 1.54. The van der Waals surface area contributed by atoms with E-state index >= 15 is 0 Å². The number of amides is 1. The fourth-order valence-corrected chi connectivity index (χ4v) is 4.19. The van der Waals surface area contributed by atoms with Crippen LogP contribution in [-0.4, -0.2) is 20.7 Å². The second kappa shape index (κ2) is 8.81. The number of nitrogens with zero attached hydrogens (tertiary/aromatic N) is 4. The van der Waals surface area contributed by atoms with Crippen LogP contribution in [0.4, 0.5) is 10.1 Å². The van der Waals surface area contributed by atoms with Gasteiger partial charge >= 0.3 is 0 Å². The summed E-state index contributed by atoms with van der Waals surface area (Å²) in [6.45, 7) is 6.16. The first-order chi connectivity index (χ1) is 14.9. The van der Waals surface area contributed by atoms with Crippen LogP contribution in [0.2, 0.25) is 0 Å². The monoisotopic (exact) mass is 434 g/mol. The zero-order valence-corrected chi connectivity index (χ0v) is 18.5. The minimum atomic E-state index is -0.337. The minimum Gasteiger partial charge on any atom is -0.306 e. The molecular weight excluding hydrogens is 411 g/mol. The van der Waals surface area contributed by atoms with Gasteiger partial charge in [0, 0.05) is 22.3 Å². The molecule has 0 saturated heterocycles. The molecule has 0 fully saturated rings. The van der Waals surface area contributed by atoms with Gasteiger partial charge < -0.3 is 4.90 Å². The summed E-state index contributed by atoms with van der Waals surface area (Å²) in [6, 6.07) is 15.8. The normalized spacial score (nSPS) is 11.0. The van der Waals surface area contributed by atoms with Gasteiger partial charge in [-0.05, 0) is 57.2 Å². The summed E-state index contributed by atoms with van der Waals surface area (Å²) in [5.41, 5.74) is 5.06. The van der Waals surface area contributed by atoms with Gasteiger partial charge in [-0.1, -0.05) is 18.2 Å². The number of aryl methyl sites for hydroxylation is 2. The van der Waals surface area contributed by atoms with Crippen molar-refractivity contribution in [3.05, 3.63) is 93.4 Å². The lowest BCUT2D eigenvalue weighted by Gasteiger charge is -2.22. The number of carbonyl (C=O) groups excluding carboxylic acids is 1. The van der Waals surface area contributed by atoms with Crippen LogP contribution in [0.3, 0.4) is 0 Å². The highest BCUT2D eigenvalue weighted by atomic mass is 32.1. The van der Waals surface area contributed by atoms with Gasteiger partial charge in [0.2, 0.25) is 5.91 Å². The van der Waals surface area contributed by atoms with E-state index in [-0.39, 0.29) is 18.1 Å². The van der Waals surface area contributed by atoms with E-state index in [1.54, 1.807) is 28.4 Å². The van der Waals surface area contributed by atoms with E-state index < -0.39 is 0 Å². The molecule has 2 aromatic carbocycles. The number of benzene rings is 2. The lowest BCUT2D eigenvalue weighted by Crippen LogP contribution is -2.32. The van der Waals surface area contributed by atoms with Gasteiger partial charge in [0.15, 0.2) is 0 Å². The average Bonchev–Trinajstić information content (AvgIpc) is 3.31. The summed E-state index contributed by atoms with van der Waals surface area (Å²) in [5.74, 6) is -0.424. The van der Waals surface area contributed by atoms with E-state index in [2.05, 4.69) is 10.1 Å². The summed E-state index contributed by atoms with van der Waals surface area (Å²) < 4.78 is 15.3. The molecule has 0 aliphatic carbocycles. The summed E-state index contributed by atoms with van der Waals surface area (Å²) in [6.07, 6.45) is 0.199. The van der Waals surface area contributed by atoms with Crippen molar-refractivity contribution in [2.45, 2.75) is 33.7 Å². The second-order valence-electron chi connectivity index (χ2n) is 7.39. The maximum absolute atomic E-state index is 13.5. The van der Waals surface area contributed by atoms with Crippen LogP contribution in [0, 0.1) is 26.6 Å². The van der Waals surface area contributed by atoms with Gasteiger partial charge in [-0.3, -0.25) is 4.79 Å². The number of hydrogen-bond acceptors (Lipinski definition) is 4. The van der Waals surface area contributed by atoms with Crippen molar-refractivity contribution in [3.63, 3.8) is 0 Å². The maximum Gasteiger partial charge on any atom is 0.231 e. The van der Waals surface area contributed by atoms with Gasteiger partial charge in [-0.2, -0.15) is 5.10 Å². The summed E-state index contributed by atoms with van der Waals surface area (Å²) in [5, 5.41) is 7.54. The van der Waals surface area contributed by atoms with E-state index in [0.717, 1.165) is 33.3 Å². The minimum absolute atomic E-state index is 0.0870. The van der Waals surface area contributed by atoms with Crippen molar-refractivity contribution in [1.29, 1.82) is 0 Å². The number of thiazole rings is 1. The molecule has 158 valence electrons. The molecule has 0 bridgehead atoms. The topological polar surface area (TPSA) is 51.0 Å². The Hall–Kier alpha value is -3.32. The SMILES string of the molecule is Cc1nc(CN(C(=O)Cc2c(C)nn(-c3ccccc3)c2C)c2ccc(F)cc2)cs1. The molecule has 1 amide bonds. The van der Waals surface area contributed by atoms with Crippen LogP contribution >= 0.6 is 11.3 Å². The Morgan fingerprint density at radius 1 is 1.06 bits per heavy atom. The third-order valence-corrected chi connectivity index (χ3v) is 6.02. The van der Waals surface area contributed by atoms with Gasteiger partial charge in [-0.15, -0.1) is 11.3 Å². The van der Waals surface area contributed by atoms with E-state index in [1.807, 2.05) is 61.2 Å². The predicted octanol–water partition coefficient (Wildman–Crippen LogP) is 5.17. The van der Waals surface area contributed by atoms with Crippen molar-refractivity contribution in [1.82, 2.24) is 14.8 Å². The first kappa shape index (κ1) is 20.9. The average molecular weight is 435 g/mol. The number of hydrogen-bond donors (Lipinski definition) is 0. The number of carbonyl (C=O) groups is 1. The Bertz CT molecular complexity index is 1200. The van der Waals surface area contributed by atoms with E-state index in [0.29, 0.717) is 12.2 Å². The largest absolute Gasteiger partial charge is 0.306 e. The van der Waals surface area contributed by atoms with Crippen LogP contribution in [0.15, 0.2) is 60.0 Å².